The summed E-state index contributed by atoms with van der Waals surface area (Å²) in [6, 6.07) is 24.5. The summed E-state index contributed by atoms with van der Waals surface area (Å²) in [5.74, 6) is 0.0672. The van der Waals surface area contributed by atoms with E-state index >= 15 is 0 Å². The number of amides is 1. The molecular weight excluding hydrogens is 460 g/mol. The van der Waals surface area contributed by atoms with Gasteiger partial charge in [-0.05, 0) is 62.9 Å². The zero-order valence-electron chi connectivity index (χ0n) is 22.5. The average molecular weight is 499 g/mol. The highest BCUT2D eigenvalue weighted by Crippen LogP contribution is 2.47. The Bertz CT molecular complexity index is 1250. The van der Waals surface area contributed by atoms with Crippen LogP contribution in [0.1, 0.15) is 30.4 Å². The number of hydrogen-bond donors (Lipinski definition) is 0. The van der Waals surface area contributed by atoms with Gasteiger partial charge in [0.1, 0.15) is 11.2 Å². The van der Waals surface area contributed by atoms with Crippen LogP contribution < -0.4 is 4.74 Å². The van der Waals surface area contributed by atoms with Crippen LogP contribution in [0.25, 0.3) is 10.8 Å². The number of nitriles is 1. The van der Waals surface area contributed by atoms with Gasteiger partial charge in [-0.1, -0.05) is 60.7 Å². The minimum absolute atomic E-state index is 0.119. The molecule has 3 aromatic carbocycles. The Hall–Kier alpha value is -3.40. The number of piperazine rings is 1. The number of nitrogens with zero attached hydrogens (tertiary/aromatic N) is 4. The molecule has 1 amide bonds. The van der Waals surface area contributed by atoms with Crippen LogP contribution in [0, 0.1) is 16.7 Å². The fraction of sp³-hybridized carbons (Fsp3) is 0.419. The number of para-hydroxylation sites is 1. The van der Waals surface area contributed by atoms with Crippen LogP contribution in [0.15, 0.2) is 66.7 Å². The number of benzene rings is 3. The first kappa shape index (κ1) is 26.7. The monoisotopic (exact) mass is 498 g/mol. The van der Waals surface area contributed by atoms with Crippen LogP contribution in [0.2, 0.25) is 0 Å². The highest BCUT2D eigenvalue weighted by molar-refractivity contribution is 5.91. The third kappa shape index (κ3) is 5.64. The van der Waals surface area contributed by atoms with Gasteiger partial charge in [0, 0.05) is 37.7 Å². The zero-order valence-corrected chi connectivity index (χ0v) is 22.5. The summed E-state index contributed by atoms with van der Waals surface area (Å²) in [5.41, 5.74) is 0.495. The Balaban J connectivity index is 1.70. The molecule has 37 heavy (non-hydrogen) atoms. The normalized spacial score (nSPS) is 16.8. The molecule has 1 aliphatic rings. The standard InChI is InChI=1S/C31H38N4O2/c1-31(23-32,30(36)35-21-19-34(20-22-35)18-10-17-33(2)3)29(27-14-7-8-16-28(27)37-4)26-15-9-12-24-11-5-6-13-25(24)26/h5-9,11-16,29H,10,17-22H2,1-4H3/t29?,31-/m1/s1. The smallest absolute Gasteiger partial charge is 0.243 e. The maximum Gasteiger partial charge on any atom is 0.243 e. The molecule has 0 radical (unpaired) electrons. The van der Waals surface area contributed by atoms with Gasteiger partial charge < -0.3 is 14.5 Å². The molecule has 0 saturated carbocycles. The first-order chi connectivity index (χ1) is 17.9. The maximum absolute atomic E-state index is 14.2. The molecular formula is C31H38N4O2. The van der Waals surface area contributed by atoms with Crippen LogP contribution in [-0.2, 0) is 4.79 Å². The minimum atomic E-state index is -1.31. The zero-order chi connectivity index (χ0) is 26.4. The van der Waals surface area contributed by atoms with E-state index < -0.39 is 11.3 Å². The van der Waals surface area contributed by atoms with Crippen LogP contribution in [-0.4, -0.2) is 81.1 Å². The van der Waals surface area contributed by atoms with Crippen molar-refractivity contribution in [2.24, 2.45) is 5.41 Å². The molecule has 0 aliphatic carbocycles. The Kier molecular flexibility index (Phi) is 8.48. The lowest BCUT2D eigenvalue weighted by molar-refractivity contribution is -0.140. The van der Waals surface area contributed by atoms with E-state index in [1.54, 1.807) is 14.0 Å². The van der Waals surface area contributed by atoms with Crippen LogP contribution in [0.3, 0.4) is 0 Å². The predicted molar refractivity (Wildman–Crippen MR) is 149 cm³/mol. The lowest BCUT2D eigenvalue weighted by Gasteiger charge is -2.40. The number of fused-ring (bicyclic) bond motifs is 1. The first-order valence-corrected chi connectivity index (χ1v) is 13.1. The van der Waals surface area contributed by atoms with E-state index in [4.69, 9.17) is 4.74 Å². The Morgan fingerprint density at radius 3 is 2.35 bits per heavy atom. The first-order valence-electron chi connectivity index (χ1n) is 13.1. The highest BCUT2D eigenvalue weighted by atomic mass is 16.5. The van der Waals surface area contributed by atoms with Crippen molar-refractivity contribution in [3.63, 3.8) is 0 Å². The van der Waals surface area contributed by atoms with E-state index in [2.05, 4.69) is 48.2 Å². The van der Waals surface area contributed by atoms with E-state index in [-0.39, 0.29) is 5.91 Å². The van der Waals surface area contributed by atoms with Gasteiger partial charge in [0.2, 0.25) is 5.91 Å². The van der Waals surface area contributed by atoms with Crippen LogP contribution in [0.5, 0.6) is 5.75 Å². The van der Waals surface area contributed by atoms with Gasteiger partial charge in [0.05, 0.1) is 13.2 Å². The van der Waals surface area contributed by atoms with Crippen molar-refractivity contribution < 1.29 is 9.53 Å². The van der Waals surface area contributed by atoms with E-state index in [1.165, 1.54) is 0 Å². The van der Waals surface area contributed by atoms with Crippen molar-refractivity contribution in [2.45, 2.75) is 19.3 Å². The Morgan fingerprint density at radius 2 is 1.65 bits per heavy atom. The van der Waals surface area contributed by atoms with Crippen molar-refractivity contribution in [1.82, 2.24) is 14.7 Å². The molecule has 1 aliphatic heterocycles. The van der Waals surface area contributed by atoms with Gasteiger partial charge >= 0.3 is 0 Å². The van der Waals surface area contributed by atoms with Gasteiger partial charge in [0.15, 0.2) is 0 Å². The summed E-state index contributed by atoms with van der Waals surface area (Å²) >= 11 is 0. The number of carbonyl (C=O) groups excluding carboxylic acids is 1. The molecule has 6 nitrogen and oxygen atoms in total. The van der Waals surface area contributed by atoms with Crippen molar-refractivity contribution in [3.8, 4) is 11.8 Å². The number of hydrogen-bond acceptors (Lipinski definition) is 5. The summed E-state index contributed by atoms with van der Waals surface area (Å²) in [6.45, 7) is 6.80. The Morgan fingerprint density at radius 1 is 1.00 bits per heavy atom. The molecule has 6 heteroatoms. The topological polar surface area (TPSA) is 59.8 Å². The second-order valence-corrected chi connectivity index (χ2v) is 10.3. The van der Waals surface area contributed by atoms with Gasteiger partial charge in [0.25, 0.3) is 0 Å². The molecule has 0 N–H and O–H groups in total. The van der Waals surface area contributed by atoms with Crippen molar-refractivity contribution in [3.05, 3.63) is 77.9 Å². The number of carbonyl (C=O) groups is 1. The van der Waals surface area contributed by atoms with E-state index in [0.29, 0.717) is 18.8 Å². The lowest BCUT2D eigenvalue weighted by atomic mass is 9.68. The van der Waals surface area contributed by atoms with E-state index in [1.807, 2.05) is 53.4 Å². The molecule has 3 aromatic rings. The summed E-state index contributed by atoms with van der Waals surface area (Å²) < 4.78 is 5.75. The SMILES string of the molecule is COc1ccccc1C(c1cccc2ccccc12)[C@@](C)(C#N)C(=O)N1CCN(CCCN(C)C)CC1. The minimum Gasteiger partial charge on any atom is -0.496 e. The molecule has 194 valence electrons. The molecule has 0 spiro atoms. The number of methoxy groups -OCH3 is 1. The summed E-state index contributed by atoms with van der Waals surface area (Å²) in [7, 11) is 5.82. The second-order valence-electron chi connectivity index (χ2n) is 10.3. The lowest BCUT2D eigenvalue weighted by Crippen LogP contribution is -2.53. The van der Waals surface area contributed by atoms with Gasteiger partial charge in [-0.25, -0.2) is 0 Å². The van der Waals surface area contributed by atoms with E-state index in [0.717, 1.165) is 54.5 Å². The third-order valence-corrected chi connectivity index (χ3v) is 7.58. The fourth-order valence-corrected chi connectivity index (χ4v) is 5.55. The molecule has 4 rings (SSSR count). The molecule has 1 unspecified atom stereocenters. The van der Waals surface area contributed by atoms with E-state index in [9.17, 15) is 10.1 Å². The summed E-state index contributed by atoms with van der Waals surface area (Å²) in [5, 5.41) is 12.8. The molecule has 0 bridgehead atoms. The average Bonchev–Trinajstić information content (AvgIpc) is 2.93. The van der Waals surface area contributed by atoms with Crippen molar-refractivity contribution in [2.75, 3.05) is 60.5 Å². The predicted octanol–water partition coefficient (Wildman–Crippen LogP) is 4.61. The maximum atomic E-state index is 14.2. The van der Waals surface area contributed by atoms with Crippen LogP contribution >= 0.6 is 0 Å². The molecule has 0 aromatic heterocycles. The van der Waals surface area contributed by atoms with Gasteiger partial charge in [-0.2, -0.15) is 5.26 Å². The molecule has 1 heterocycles. The molecule has 1 saturated heterocycles. The van der Waals surface area contributed by atoms with Crippen LogP contribution in [0.4, 0.5) is 0 Å². The second kappa shape index (κ2) is 11.8. The highest BCUT2D eigenvalue weighted by Gasteiger charge is 2.47. The van der Waals surface area contributed by atoms with Crippen molar-refractivity contribution in [1.29, 1.82) is 5.26 Å². The third-order valence-electron chi connectivity index (χ3n) is 7.58. The quantitative estimate of drug-likeness (QED) is 0.431. The summed E-state index contributed by atoms with van der Waals surface area (Å²) in [6.07, 6.45) is 1.10. The van der Waals surface area contributed by atoms with Crippen molar-refractivity contribution >= 4 is 16.7 Å². The number of rotatable bonds is 9. The largest absolute Gasteiger partial charge is 0.496 e. The van der Waals surface area contributed by atoms with Gasteiger partial charge in [-0.3, -0.25) is 9.69 Å². The Labute approximate surface area is 221 Å². The van der Waals surface area contributed by atoms with Gasteiger partial charge in [-0.15, -0.1) is 0 Å². The fourth-order valence-electron chi connectivity index (χ4n) is 5.55. The summed E-state index contributed by atoms with van der Waals surface area (Å²) in [4.78, 5) is 20.7. The molecule has 2 atom stereocenters. The molecule has 1 fully saturated rings. The number of ether oxygens (including phenoxy) is 1.